The minimum absolute atomic E-state index is 0.189. The summed E-state index contributed by atoms with van der Waals surface area (Å²) in [5.74, 6) is 0.189. The van der Waals surface area contributed by atoms with Gasteiger partial charge in [0.15, 0.2) is 0 Å². The number of pyridine rings is 1. The third kappa shape index (κ3) is 2.80. The highest BCUT2D eigenvalue weighted by molar-refractivity contribution is 9.10. The molecule has 0 radical (unpaired) electrons. The number of carbonyl (C=O) groups excluding carboxylic acids is 1. The molecule has 0 aromatic carbocycles. The van der Waals surface area contributed by atoms with Gasteiger partial charge in [-0.25, -0.2) is 0 Å². The van der Waals surface area contributed by atoms with E-state index in [9.17, 15) is 4.79 Å². The van der Waals surface area contributed by atoms with E-state index in [-0.39, 0.29) is 5.91 Å². The van der Waals surface area contributed by atoms with Crippen molar-refractivity contribution in [3.05, 3.63) is 28.5 Å². The van der Waals surface area contributed by atoms with Crippen LogP contribution in [0, 0.1) is 0 Å². The molecule has 1 aromatic heterocycles. The van der Waals surface area contributed by atoms with Crippen LogP contribution >= 0.6 is 15.9 Å². The largest absolute Gasteiger partial charge is 0.343 e. The van der Waals surface area contributed by atoms with Crippen molar-refractivity contribution in [3.8, 4) is 0 Å². The minimum Gasteiger partial charge on any atom is -0.343 e. The molecule has 2 heterocycles. The van der Waals surface area contributed by atoms with Crippen molar-refractivity contribution in [2.24, 2.45) is 0 Å². The number of aromatic nitrogens is 1. The maximum Gasteiger partial charge on any atom is 0.236 e. The molecule has 0 unspecified atom stereocenters. The van der Waals surface area contributed by atoms with E-state index in [1.807, 2.05) is 19.3 Å². The Hall–Kier alpha value is -0.940. The summed E-state index contributed by atoms with van der Waals surface area (Å²) < 4.78 is 0.977. The van der Waals surface area contributed by atoms with E-state index in [1.54, 1.807) is 11.1 Å². The second-order valence-corrected chi connectivity index (χ2v) is 4.95. The first-order valence-electron chi connectivity index (χ1n) is 5.21. The molecule has 2 rings (SSSR count). The predicted molar refractivity (Wildman–Crippen MR) is 64.9 cm³/mol. The van der Waals surface area contributed by atoms with Crippen LogP contribution in [0.1, 0.15) is 5.56 Å². The lowest BCUT2D eigenvalue weighted by Gasteiger charge is -2.31. The smallest absolute Gasteiger partial charge is 0.236 e. The third-order valence-electron chi connectivity index (χ3n) is 2.70. The van der Waals surface area contributed by atoms with Crippen LogP contribution in [-0.2, 0) is 11.3 Å². The van der Waals surface area contributed by atoms with E-state index in [1.165, 1.54) is 0 Å². The number of hydrogen-bond acceptors (Lipinski definition) is 3. The van der Waals surface area contributed by atoms with Crippen LogP contribution in [0.2, 0.25) is 0 Å². The number of halogens is 1. The highest BCUT2D eigenvalue weighted by Crippen LogP contribution is 2.12. The normalized spacial score (nSPS) is 17.9. The van der Waals surface area contributed by atoms with Crippen LogP contribution in [0.4, 0.5) is 0 Å². The molecule has 0 saturated carbocycles. The van der Waals surface area contributed by atoms with Gasteiger partial charge in [-0.15, -0.1) is 0 Å². The number of likely N-dealkylation sites (N-methyl/N-ethyl adjacent to an activating group) is 1. The Morgan fingerprint density at radius 2 is 2.25 bits per heavy atom. The Bertz CT molecular complexity index is 397. The van der Waals surface area contributed by atoms with Crippen molar-refractivity contribution >= 4 is 21.8 Å². The summed E-state index contributed by atoms with van der Waals surface area (Å²) in [6.45, 7) is 3.02. The van der Waals surface area contributed by atoms with Gasteiger partial charge in [0.25, 0.3) is 0 Å². The molecule has 1 aliphatic heterocycles. The van der Waals surface area contributed by atoms with Crippen LogP contribution in [-0.4, -0.2) is 47.4 Å². The zero-order chi connectivity index (χ0) is 11.5. The van der Waals surface area contributed by atoms with Gasteiger partial charge in [0.1, 0.15) is 0 Å². The maximum atomic E-state index is 11.5. The fourth-order valence-corrected chi connectivity index (χ4v) is 2.15. The summed E-state index contributed by atoms with van der Waals surface area (Å²) in [5.41, 5.74) is 1.13. The van der Waals surface area contributed by atoms with Crippen molar-refractivity contribution in [3.63, 3.8) is 0 Å². The lowest BCUT2D eigenvalue weighted by molar-refractivity contribution is -0.134. The minimum atomic E-state index is 0.189. The van der Waals surface area contributed by atoms with Crippen LogP contribution in [0.15, 0.2) is 22.9 Å². The summed E-state index contributed by atoms with van der Waals surface area (Å²) in [4.78, 5) is 19.6. The second kappa shape index (κ2) is 4.93. The van der Waals surface area contributed by atoms with Crippen molar-refractivity contribution in [1.29, 1.82) is 0 Å². The number of amides is 1. The SMILES string of the molecule is CN1CCN(Cc2cncc(Br)c2)CC1=O. The fourth-order valence-electron chi connectivity index (χ4n) is 1.74. The molecular formula is C11H14BrN3O. The van der Waals surface area contributed by atoms with Gasteiger partial charge in [0.2, 0.25) is 5.91 Å². The molecule has 0 spiro atoms. The van der Waals surface area contributed by atoms with Gasteiger partial charge in [0.05, 0.1) is 6.54 Å². The van der Waals surface area contributed by atoms with Crippen molar-refractivity contribution < 1.29 is 4.79 Å². The number of rotatable bonds is 2. The Labute approximate surface area is 103 Å². The summed E-state index contributed by atoms with van der Waals surface area (Å²) in [6.07, 6.45) is 3.60. The number of piperazine rings is 1. The predicted octanol–water partition coefficient (Wildman–Crippen LogP) is 1.12. The lowest BCUT2D eigenvalue weighted by Crippen LogP contribution is -2.47. The molecule has 4 nitrogen and oxygen atoms in total. The topological polar surface area (TPSA) is 36.4 Å². The molecule has 1 aromatic rings. The summed E-state index contributed by atoms with van der Waals surface area (Å²) in [6, 6.07) is 2.04. The van der Waals surface area contributed by atoms with Gasteiger partial charge < -0.3 is 4.90 Å². The van der Waals surface area contributed by atoms with Gasteiger partial charge >= 0.3 is 0 Å². The quantitative estimate of drug-likeness (QED) is 0.816. The van der Waals surface area contributed by atoms with E-state index in [2.05, 4.69) is 25.8 Å². The van der Waals surface area contributed by atoms with Crippen LogP contribution in [0.25, 0.3) is 0 Å². The summed E-state index contributed by atoms with van der Waals surface area (Å²) in [5, 5.41) is 0. The van der Waals surface area contributed by atoms with Gasteiger partial charge in [-0.1, -0.05) is 0 Å². The molecule has 0 N–H and O–H groups in total. The molecule has 0 atom stereocenters. The van der Waals surface area contributed by atoms with Gasteiger partial charge in [-0.05, 0) is 27.6 Å². The van der Waals surface area contributed by atoms with Crippen molar-refractivity contribution in [2.75, 3.05) is 26.7 Å². The Balaban J connectivity index is 1.98. The number of carbonyl (C=O) groups is 1. The highest BCUT2D eigenvalue weighted by Gasteiger charge is 2.20. The van der Waals surface area contributed by atoms with Crippen molar-refractivity contribution in [2.45, 2.75) is 6.54 Å². The van der Waals surface area contributed by atoms with Crippen LogP contribution < -0.4 is 0 Å². The van der Waals surface area contributed by atoms with E-state index < -0.39 is 0 Å². The fraction of sp³-hybridized carbons (Fsp3) is 0.455. The summed E-state index contributed by atoms with van der Waals surface area (Å²) >= 11 is 3.39. The molecular weight excluding hydrogens is 270 g/mol. The zero-order valence-corrected chi connectivity index (χ0v) is 10.8. The van der Waals surface area contributed by atoms with E-state index in [4.69, 9.17) is 0 Å². The molecule has 5 heteroatoms. The standard InChI is InChI=1S/C11H14BrN3O/c1-14-2-3-15(8-11(14)16)7-9-4-10(12)6-13-5-9/h4-6H,2-3,7-8H2,1H3. The molecule has 86 valence electrons. The monoisotopic (exact) mass is 283 g/mol. The van der Waals surface area contributed by atoms with Crippen LogP contribution in [0.3, 0.4) is 0 Å². The molecule has 1 fully saturated rings. The van der Waals surface area contributed by atoms with E-state index in [0.29, 0.717) is 6.54 Å². The first-order chi connectivity index (χ1) is 7.65. The maximum absolute atomic E-state index is 11.5. The number of hydrogen-bond donors (Lipinski definition) is 0. The average Bonchev–Trinajstić information content (AvgIpc) is 2.24. The molecule has 0 bridgehead atoms. The third-order valence-corrected chi connectivity index (χ3v) is 3.14. The first kappa shape index (κ1) is 11.5. The zero-order valence-electron chi connectivity index (χ0n) is 9.19. The second-order valence-electron chi connectivity index (χ2n) is 4.04. The Kier molecular flexibility index (Phi) is 3.56. The first-order valence-corrected chi connectivity index (χ1v) is 6.00. The number of nitrogens with zero attached hydrogens (tertiary/aromatic N) is 3. The van der Waals surface area contributed by atoms with E-state index >= 15 is 0 Å². The lowest BCUT2D eigenvalue weighted by atomic mass is 10.2. The van der Waals surface area contributed by atoms with Crippen LogP contribution in [0.5, 0.6) is 0 Å². The van der Waals surface area contributed by atoms with Gasteiger partial charge in [0, 0.05) is 43.5 Å². The highest BCUT2D eigenvalue weighted by atomic mass is 79.9. The van der Waals surface area contributed by atoms with Gasteiger partial charge in [-0.3, -0.25) is 14.7 Å². The van der Waals surface area contributed by atoms with Gasteiger partial charge in [-0.2, -0.15) is 0 Å². The van der Waals surface area contributed by atoms with E-state index in [0.717, 1.165) is 29.7 Å². The molecule has 1 saturated heterocycles. The van der Waals surface area contributed by atoms with Crippen molar-refractivity contribution in [1.82, 2.24) is 14.8 Å². The Morgan fingerprint density at radius 1 is 1.44 bits per heavy atom. The average molecular weight is 284 g/mol. The molecule has 0 aliphatic carbocycles. The molecule has 16 heavy (non-hydrogen) atoms. The Morgan fingerprint density at radius 3 is 2.94 bits per heavy atom. The molecule has 1 aliphatic rings. The molecule has 1 amide bonds. The summed E-state index contributed by atoms with van der Waals surface area (Å²) in [7, 11) is 1.85.